The number of anilines is 2. The second-order valence-corrected chi connectivity index (χ2v) is 5.86. The summed E-state index contributed by atoms with van der Waals surface area (Å²) in [5.41, 5.74) is 2.24. The molecule has 7 heteroatoms. The van der Waals surface area contributed by atoms with E-state index in [1.807, 2.05) is 48.5 Å². The van der Waals surface area contributed by atoms with Gasteiger partial charge < -0.3 is 15.3 Å². The molecule has 134 valence electrons. The van der Waals surface area contributed by atoms with Gasteiger partial charge in [-0.1, -0.05) is 24.3 Å². The average molecular weight is 360 g/mol. The van der Waals surface area contributed by atoms with Gasteiger partial charge in [-0.2, -0.15) is 4.98 Å². The maximum Gasteiger partial charge on any atom is 0.384 e. The van der Waals surface area contributed by atoms with Crippen molar-refractivity contribution in [3.63, 3.8) is 0 Å². The first-order valence-corrected chi connectivity index (χ1v) is 8.24. The summed E-state index contributed by atoms with van der Waals surface area (Å²) in [7, 11) is 1.64. The molecule has 0 bridgehead atoms. The fourth-order valence-electron chi connectivity index (χ4n) is 2.81. The molecule has 4 aromatic rings. The van der Waals surface area contributed by atoms with Crippen LogP contribution < -0.4 is 15.7 Å². The fraction of sp³-hybridized carbons (Fsp3) is 0.0500. The van der Waals surface area contributed by atoms with Crippen LogP contribution in [0.25, 0.3) is 22.2 Å². The first kappa shape index (κ1) is 16.6. The number of rotatable bonds is 4. The fourth-order valence-corrected chi connectivity index (χ4v) is 2.81. The van der Waals surface area contributed by atoms with E-state index in [1.165, 1.54) is 6.20 Å². The molecular weight excluding hydrogens is 344 g/mol. The Labute approximate surface area is 154 Å². The molecule has 0 aliphatic heterocycles. The highest BCUT2D eigenvalue weighted by Gasteiger charge is 2.10. The van der Waals surface area contributed by atoms with Gasteiger partial charge in [0.15, 0.2) is 5.65 Å². The summed E-state index contributed by atoms with van der Waals surface area (Å²) in [5.74, 6) is 1.15. The molecule has 2 N–H and O–H groups in total. The van der Waals surface area contributed by atoms with Crippen molar-refractivity contribution in [3.05, 3.63) is 77.3 Å². The number of nitrogens with zero attached hydrogens (tertiary/aromatic N) is 3. The number of hydrogen-bond acceptors (Lipinski definition) is 6. The normalized spacial score (nSPS) is 10.7. The summed E-state index contributed by atoms with van der Waals surface area (Å²) in [6.45, 7) is 0. The first-order chi connectivity index (χ1) is 13.2. The predicted molar refractivity (Wildman–Crippen MR) is 103 cm³/mol. The molecule has 4 rings (SSSR count). The number of nitrogens with one attached hydrogen (secondary N) is 1. The van der Waals surface area contributed by atoms with Crippen LogP contribution in [0.1, 0.15) is 0 Å². The molecule has 0 spiro atoms. The molecule has 0 radical (unpaired) electrons. The van der Waals surface area contributed by atoms with Gasteiger partial charge in [-0.05, 0) is 47.5 Å². The number of aromatic nitrogens is 3. The van der Waals surface area contributed by atoms with Crippen LogP contribution in [0, 0.1) is 0 Å². The third kappa shape index (κ3) is 3.18. The van der Waals surface area contributed by atoms with Crippen LogP contribution in [-0.2, 0) is 0 Å². The molecule has 0 amide bonds. The topological polar surface area (TPSA) is 89.3 Å². The van der Waals surface area contributed by atoms with Gasteiger partial charge in [0, 0.05) is 11.9 Å². The van der Waals surface area contributed by atoms with Gasteiger partial charge in [0.1, 0.15) is 11.6 Å². The molecule has 2 aromatic heterocycles. The highest BCUT2D eigenvalue weighted by Crippen LogP contribution is 2.26. The van der Waals surface area contributed by atoms with Crippen LogP contribution in [0.3, 0.4) is 0 Å². The van der Waals surface area contributed by atoms with Crippen molar-refractivity contribution in [3.8, 4) is 16.9 Å². The summed E-state index contributed by atoms with van der Waals surface area (Å²) in [6, 6.07) is 19.0. The standard InChI is InChI=1S/C20H16N4O3/c1-27-16-10-6-14(7-11-16)13-4-8-15(9-5-13)22-18-17-3-2-12-21-19(17)24(26)20(25)23-18/h2-12,26H,1H3,(H,22,23,25). The van der Waals surface area contributed by atoms with Crippen molar-refractivity contribution in [2.45, 2.75) is 0 Å². The van der Waals surface area contributed by atoms with E-state index < -0.39 is 5.69 Å². The smallest absolute Gasteiger partial charge is 0.384 e. The lowest BCUT2D eigenvalue weighted by Gasteiger charge is -2.10. The number of benzene rings is 2. The molecule has 0 aliphatic rings. The van der Waals surface area contributed by atoms with Crippen molar-refractivity contribution in [1.82, 2.24) is 14.7 Å². The number of methoxy groups -OCH3 is 1. The third-order valence-corrected chi connectivity index (χ3v) is 4.20. The maximum absolute atomic E-state index is 11.8. The molecule has 0 saturated carbocycles. The Balaban J connectivity index is 1.65. The summed E-state index contributed by atoms with van der Waals surface area (Å²) in [4.78, 5) is 19.8. The Morgan fingerprint density at radius 2 is 1.67 bits per heavy atom. The Hall–Kier alpha value is -3.87. The van der Waals surface area contributed by atoms with E-state index >= 15 is 0 Å². The van der Waals surface area contributed by atoms with Crippen molar-refractivity contribution < 1.29 is 9.94 Å². The lowest BCUT2D eigenvalue weighted by molar-refractivity contribution is 0.182. The number of ether oxygens (including phenoxy) is 1. The number of pyridine rings is 1. The zero-order valence-electron chi connectivity index (χ0n) is 14.5. The Morgan fingerprint density at radius 3 is 2.33 bits per heavy atom. The summed E-state index contributed by atoms with van der Waals surface area (Å²) >= 11 is 0. The average Bonchev–Trinajstić information content (AvgIpc) is 2.72. The van der Waals surface area contributed by atoms with Gasteiger partial charge in [0.2, 0.25) is 0 Å². The van der Waals surface area contributed by atoms with Crippen LogP contribution in [0.5, 0.6) is 5.75 Å². The van der Waals surface area contributed by atoms with Crippen molar-refractivity contribution in [1.29, 1.82) is 0 Å². The third-order valence-electron chi connectivity index (χ3n) is 4.20. The van der Waals surface area contributed by atoms with E-state index in [0.717, 1.165) is 22.6 Å². The Bertz CT molecular complexity index is 1150. The van der Waals surface area contributed by atoms with Gasteiger partial charge in [-0.15, -0.1) is 4.73 Å². The molecule has 7 nitrogen and oxygen atoms in total. The van der Waals surface area contributed by atoms with Crippen molar-refractivity contribution in [2.75, 3.05) is 12.4 Å². The zero-order chi connectivity index (χ0) is 18.8. The summed E-state index contributed by atoms with van der Waals surface area (Å²) in [5, 5.41) is 13.4. The Kier molecular flexibility index (Phi) is 4.18. The quantitative estimate of drug-likeness (QED) is 0.542. The second kappa shape index (κ2) is 6.80. The zero-order valence-corrected chi connectivity index (χ0v) is 14.5. The van der Waals surface area contributed by atoms with Gasteiger partial charge in [-0.3, -0.25) is 0 Å². The molecule has 0 aliphatic carbocycles. The minimum absolute atomic E-state index is 0.148. The maximum atomic E-state index is 11.8. The van der Waals surface area contributed by atoms with Crippen LogP contribution in [-0.4, -0.2) is 27.0 Å². The Morgan fingerprint density at radius 1 is 1.00 bits per heavy atom. The van der Waals surface area contributed by atoms with Crippen LogP contribution in [0.2, 0.25) is 0 Å². The van der Waals surface area contributed by atoms with Crippen molar-refractivity contribution >= 4 is 22.5 Å². The summed E-state index contributed by atoms with van der Waals surface area (Å²) in [6.07, 6.45) is 1.50. The van der Waals surface area contributed by atoms with E-state index in [4.69, 9.17) is 4.74 Å². The monoisotopic (exact) mass is 360 g/mol. The molecule has 0 atom stereocenters. The van der Waals surface area contributed by atoms with Crippen LogP contribution >= 0.6 is 0 Å². The molecule has 0 fully saturated rings. The summed E-state index contributed by atoms with van der Waals surface area (Å²) < 4.78 is 5.61. The van der Waals surface area contributed by atoms with Gasteiger partial charge in [-0.25, -0.2) is 9.78 Å². The predicted octanol–water partition coefficient (Wildman–Crippen LogP) is 3.45. The molecule has 2 heterocycles. The molecule has 0 saturated heterocycles. The van der Waals surface area contributed by atoms with E-state index in [2.05, 4.69) is 15.3 Å². The highest BCUT2D eigenvalue weighted by molar-refractivity contribution is 5.88. The van der Waals surface area contributed by atoms with Crippen LogP contribution in [0.4, 0.5) is 11.5 Å². The first-order valence-electron chi connectivity index (χ1n) is 8.24. The van der Waals surface area contributed by atoms with E-state index in [-0.39, 0.29) is 5.65 Å². The van der Waals surface area contributed by atoms with Crippen molar-refractivity contribution in [2.24, 2.45) is 0 Å². The van der Waals surface area contributed by atoms with Gasteiger partial charge in [0.05, 0.1) is 12.5 Å². The minimum Gasteiger partial charge on any atom is -0.497 e. The van der Waals surface area contributed by atoms with E-state index in [1.54, 1.807) is 19.2 Å². The van der Waals surface area contributed by atoms with E-state index in [0.29, 0.717) is 15.9 Å². The SMILES string of the molecule is COc1ccc(-c2ccc(Nc3nc(=O)n(O)c4ncccc34)cc2)cc1. The minimum atomic E-state index is -0.793. The van der Waals surface area contributed by atoms with Gasteiger partial charge in [0.25, 0.3) is 0 Å². The molecule has 0 unspecified atom stereocenters. The highest BCUT2D eigenvalue weighted by atomic mass is 16.5. The number of hydrogen-bond donors (Lipinski definition) is 2. The largest absolute Gasteiger partial charge is 0.497 e. The van der Waals surface area contributed by atoms with E-state index in [9.17, 15) is 10.0 Å². The van der Waals surface area contributed by atoms with Gasteiger partial charge >= 0.3 is 5.69 Å². The lowest BCUT2D eigenvalue weighted by atomic mass is 10.1. The van der Waals surface area contributed by atoms with Crippen LogP contribution in [0.15, 0.2) is 71.7 Å². The molecule has 2 aromatic carbocycles. The number of fused-ring (bicyclic) bond motifs is 1. The second-order valence-electron chi connectivity index (χ2n) is 5.86. The molecular formula is C20H16N4O3. The molecule has 27 heavy (non-hydrogen) atoms. The lowest BCUT2D eigenvalue weighted by Crippen LogP contribution is -2.23.